The zero-order valence-corrected chi connectivity index (χ0v) is 13.0. The van der Waals surface area contributed by atoms with E-state index in [1.807, 2.05) is 30.7 Å². The van der Waals surface area contributed by atoms with Crippen molar-refractivity contribution in [3.8, 4) is 11.5 Å². The first-order valence-electron chi connectivity index (χ1n) is 6.20. The summed E-state index contributed by atoms with van der Waals surface area (Å²) in [6.07, 6.45) is 0. The molecule has 8 heteroatoms. The summed E-state index contributed by atoms with van der Waals surface area (Å²) >= 11 is 7.36. The molecule has 1 aromatic carbocycles. The Balaban J connectivity index is 1.70. The van der Waals surface area contributed by atoms with Gasteiger partial charge in [-0.25, -0.2) is 0 Å². The van der Waals surface area contributed by atoms with Crippen LogP contribution in [-0.4, -0.2) is 25.0 Å². The second-order valence-electron chi connectivity index (χ2n) is 4.39. The molecule has 3 rings (SSSR count). The predicted octanol–water partition coefficient (Wildman–Crippen LogP) is 3.12. The van der Waals surface area contributed by atoms with Crippen molar-refractivity contribution in [2.75, 3.05) is 0 Å². The van der Waals surface area contributed by atoms with Gasteiger partial charge in [-0.1, -0.05) is 23.4 Å². The van der Waals surface area contributed by atoms with Crippen LogP contribution in [0.3, 0.4) is 0 Å². The SMILES string of the molecule is Cc1nnc(SCc2nnc(-c3ccc(Cl)cc3)o2)n1C. The van der Waals surface area contributed by atoms with Gasteiger partial charge in [-0.05, 0) is 31.2 Å². The lowest BCUT2D eigenvalue weighted by molar-refractivity contribution is 0.528. The standard InChI is InChI=1S/C13H12ClN5OS/c1-8-15-18-13(19(8)2)21-7-11-16-17-12(20-11)9-3-5-10(14)6-4-9/h3-6H,7H2,1-2H3. The van der Waals surface area contributed by atoms with Crippen molar-refractivity contribution in [3.63, 3.8) is 0 Å². The Morgan fingerprint density at radius 2 is 1.90 bits per heavy atom. The molecule has 3 aromatic rings. The summed E-state index contributed by atoms with van der Waals surface area (Å²) in [5, 5.41) is 17.6. The van der Waals surface area contributed by atoms with Crippen LogP contribution in [0.25, 0.3) is 11.5 Å². The monoisotopic (exact) mass is 321 g/mol. The van der Waals surface area contributed by atoms with Crippen molar-refractivity contribution in [1.82, 2.24) is 25.0 Å². The zero-order chi connectivity index (χ0) is 14.8. The Labute approximate surface area is 130 Å². The highest BCUT2D eigenvalue weighted by Gasteiger charge is 2.11. The highest BCUT2D eigenvalue weighted by atomic mass is 35.5. The molecule has 2 aromatic heterocycles. The Morgan fingerprint density at radius 1 is 1.14 bits per heavy atom. The molecule has 0 aliphatic heterocycles. The van der Waals surface area contributed by atoms with Gasteiger partial charge in [-0.15, -0.1) is 20.4 Å². The predicted molar refractivity (Wildman–Crippen MR) is 80.0 cm³/mol. The van der Waals surface area contributed by atoms with E-state index in [0.29, 0.717) is 22.6 Å². The molecular formula is C13H12ClN5OS. The number of nitrogens with zero attached hydrogens (tertiary/aromatic N) is 5. The summed E-state index contributed by atoms with van der Waals surface area (Å²) in [6, 6.07) is 7.27. The number of hydrogen-bond acceptors (Lipinski definition) is 6. The van der Waals surface area contributed by atoms with Crippen LogP contribution in [0.5, 0.6) is 0 Å². The fourth-order valence-corrected chi connectivity index (χ4v) is 2.58. The van der Waals surface area contributed by atoms with E-state index in [9.17, 15) is 0 Å². The molecule has 0 atom stereocenters. The molecule has 0 saturated heterocycles. The largest absolute Gasteiger partial charge is 0.420 e. The van der Waals surface area contributed by atoms with Crippen LogP contribution >= 0.6 is 23.4 Å². The van der Waals surface area contributed by atoms with Gasteiger partial charge in [0.2, 0.25) is 11.8 Å². The topological polar surface area (TPSA) is 69.6 Å². The summed E-state index contributed by atoms with van der Waals surface area (Å²) in [7, 11) is 1.92. The van der Waals surface area contributed by atoms with E-state index < -0.39 is 0 Å². The second-order valence-corrected chi connectivity index (χ2v) is 5.76. The summed E-state index contributed by atoms with van der Waals surface area (Å²) < 4.78 is 7.55. The molecule has 2 heterocycles. The molecule has 6 nitrogen and oxygen atoms in total. The van der Waals surface area contributed by atoms with E-state index in [0.717, 1.165) is 16.5 Å². The summed E-state index contributed by atoms with van der Waals surface area (Å²) in [6.45, 7) is 1.91. The van der Waals surface area contributed by atoms with Crippen LogP contribution in [0.2, 0.25) is 5.02 Å². The van der Waals surface area contributed by atoms with E-state index in [-0.39, 0.29) is 0 Å². The molecule has 0 bridgehead atoms. The van der Waals surface area contributed by atoms with Crippen LogP contribution < -0.4 is 0 Å². The minimum atomic E-state index is 0.483. The van der Waals surface area contributed by atoms with Crippen molar-refractivity contribution in [2.45, 2.75) is 17.8 Å². The lowest BCUT2D eigenvalue weighted by Crippen LogP contribution is -1.93. The van der Waals surface area contributed by atoms with Crippen LogP contribution in [0.4, 0.5) is 0 Å². The quantitative estimate of drug-likeness (QED) is 0.688. The average molecular weight is 322 g/mol. The Hall–Kier alpha value is -1.86. The fourth-order valence-electron chi connectivity index (χ4n) is 1.66. The molecule has 21 heavy (non-hydrogen) atoms. The van der Waals surface area contributed by atoms with E-state index in [4.69, 9.17) is 16.0 Å². The Bertz CT molecular complexity index is 752. The van der Waals surface area contributed by atoms with Gasteiger partial charge < -0.3 is 8.98 Å². The van der Waals surface area contributed by atoms with Crippen molar-refractivity contribution in [2.24, 2.45) is 7.05 Å². The van der Waals surface area contributed by atoms with Gasteiger partial charge in [0.15, 0.2) is 5.16 Å². The fraction of sp³-hybridized carbons (Fsp3) is 0.231. The molecule has 0 N–H and O–H groups in total. The lowest BCUT2D eigenvalue weighted by Gasteiger charge is -1.98. The smallest absolute Gasteiger partial charge is 0.247 e. The Morgan fingerprint density at radius 3 is 2.57 bits per heavy atom. The number of halogens is 1. The molecular weight excluding hydrogens is 310 g/mol. The number of thioether (sulfide) groups is 1. The van der Waals surface area contributed by atoms with Crippen LogP contribution in [0.1, 0.15) is 11.7 Å². The first kappa shape index (κ1) is 14.1. The highest BCUT2D eigenvalue weighted by Crippen LogP contribution is 2.24. The second kappa shape index (κ2) is 5.87. The van der Waals surface area contributed by atoms with E-state index in [1.54, 1.807) is 12.1 Å². The third-order valence-corrected chi connectivity index (χ3v) is 4.19. The van der Waals surface area contributed by atoms with Gasteiger partial charge >= 0.3 is 0 Å². The molecule has 0 amide bonds. The first-order valence-corrected chi connectivity index (χ1v) is 7.57. The van der Waals surface area contributed by atoms with Crippen molar-refractivity contribution in [1.29, 1.82) is 0 Å². The Kier molecular flexibility index (Phi) is 3.94. The number of benzene rings is 1. The maximum atomic E-state index is 5.85. The van der Waals surface area contributed by atoms with Crippen molar-refractivity contribution < 1.29 is 4.42 Å². The van der Waals surface area contributed by atoms with Crippen LogP contribution in [-0.2, 0) is 12.8 Å². The minimum absolute atomic E-state index is 0.483. The molecule has 0 aliphatic carbocycles. The minimum Gasteiger partial charge on any atom is -0.420 e. The molecule has 0 saturated carbocycles. The van der Waals surface area contributed by atoms with Gasteiger partial charge in [0, 0.05) is 17.6 Å². The van der Waals surface area contributed by atoms with Gasteiger partial charge in [-0.2, -0.15) is 0 Å². The van der Waals surface area contributed by atoms with E-state index in [2.05, 4.69) is 20.4 Å². The third kappa shape index (κ3) is 3.08. The average Bonchev–Trinajstić information content (AvgIpc) is 3.07. The maximum absolute atomic E-state index is 5.85. The number of aromatic nitrogens is 5. The number of hydrogen-bond donors (Lipinski definition) is 0. The number of rotatable bonds is 4. The maximum Gasteiger partial charge on any atom is 0.247 e. The summed E-state index contributed by atoms with van der Waals surface area (Å²) in [5.41, 5.74) is 0.845. The normalized spacial score (nSPS) is 11.0. The van der Waals surface area contributed by atoms with Crippen molar-refractivity contribution in [3.05, 3.63) is 41.0 Å². The van der Waals surface area contributed by atoms with Gasteiger partial charge in [0.05, 0.1) is 5.75 Å². The highest BCUT2D eigenvalue weighted by molar-refractivity contribution is 7.98. The van der Waals surface area contributed by atoms with E-state index >= 15 is 0 Å². The third-order valence-electron chi connectivity index (χ3n) is 2.94. The molecule has 0 spiro atoms. The number of aryl methyl sites for hydroxylation is 1. The van der Waals surface area contributed by atoms with Gasteiger partial charge in [-0.3, -0.25) is 0 Å². The van der Waals surface area contributed by atoms with Gasteiger partial charge in [0.25, 0.3) is 0 Å². The summed E-state index contributed by atoms with van der Waals surface area (Å²) in [5.74, 6) is 2.44. The molecule has 0 radical (unpaired) electrons. The first-order chi connectivity index (χ1) is 10.1. The molecule has 108 valence electrons. The van der Waals surface area contributed by atoms with Crippen molar-refractivity contribution >= 4 is 23.4 Å². The lowest BCUT2D eigenvalue weighted by atomic mass is 10.2. The van der Waals surface area contributed by atoms with E-state index in [1.165, 1.54) is 11.8 Å². The molecule has 0 unspecified atom stereocenters. The van der Waals surface area contributed by atoms with Crippen LogP contribution in [0.15, 0.2) is 33.8 Å². The zero-order valence-electron chi connectivity index (χ0n) is 11.4. The molecule has 0 fully saturated rings. The summed E-state index contributed by atoms with van der Waals surface area (Å²) in [4.78, 5) is 0. The van der Waals surface area contributed by atoms with Gasteiger partial charge in [0.1, 0.15) is 5.82 Å². The molecule has 0 aliphatic rings. The van der Waals surface area contributed by atoms with Crippen LogP contribution in [0, 0.1) is 6.92 Å².